The van der Waals surface area contributed by atoms with Crippen LogP contribution in [0.3, 0.4) is 0 Å². The Morgan fingerprint density at radius 3 is 2.81 bits per heavy atom. The molecule has 0 radical (unpaired) electrons. The number of nitrogens with zero attached hydrogens (tertiary/aromatic N) is 1. The lowest BCUT2D eigenvalue weighted by Crippen LogP contribution is -2.25. The molecule has 0 fully saturated rings. The van der Waals surface area contributed by atoms with Gasteiger partial charge in [-0.15, -0.1) is 0 Å². The summed E-state index contributed by atoms with van der Waals surface area (Å²) in [6.07, 6.45) is 3.66. The molecule has 0 bridgehead atoms. The van der Waals surface area contributed by atoms with Gasteiger partial charge in [0, 0.05) is 13.3 Å². The van der Waals surface area contributed by atoms with E-state index in [1.165, 1.54) is 0 Å². The van der Waals surface area contributed by atoms with Gasteiger partial charge >= 0.3 is 0 Å². The molecule has 0 aromatic carbocycles. The summed E-state index contributed by atoms with van der Waals surface area (Å²) < 4.78 is 5.13. The van der Waals surface area contributed by atoms with E-state index < -0.39 is 0 Å². The van der Waals surface area contributed by atoms with E-state index in [-0.39, 0.29) is 6.04 Å². The smallest absolute Gasteiger partial charge is 0.145 e. The summed E-state index contributed by atoms with van der Waals surface area (Å²) in [5, 5.41) is 4.32. The van der Waals surface area contributed by atoms with E-state index in [2.05, 4.69) is 17.2 Å². The molecule has 1 unspecified atom stereocenters. The van der Waals surface area contributed by atoms with Crippen molar-refractivity contribution in [2.24, 2.45) is 0 Å². The van der Waals surface area contributed by atoms with Crippen LogP contribution in [0.15, 0.2) is 12.3 Å². The molecule has 1 aromatic rings. The third-order valence-electron chi connectivity index (χ3n) is 2.15. The average molecular weight is 263 g/mol. The highest BCUT2D eigenvalue weighted by Gasteiger charge is 2.10. The molecule has 0 aliphatic heterocycles. The van der Waals surface area contributed by atoms with Crippen molar-refractivity contribution in [1.82, 2.24) is 4.98 Å². The van der Waals surface area contributed by atoms with Crippen molar-refractivity contribution < 1.29 is 4.74 Å². The van der Waals surface area contributed by atoms with E-state index in [1.807, 2.05) is 0 Å². The van der Waals surface area contributed by atoms with E-state index in [9.17, 15) is 0 Å². The maximum absolute atomic E-state index is 6.02. The van der Waals surface area contributed by atoms with Crippen LogP contribution in [0.25, 0.3) is 0 Å². The second kappa shape index (κ2) is 6.94. The monoisotopic (exact) mass is 262 g/mol. The van der Waals surface area contributed by atoms with E-state index >= 15 is 0 Å². The number of anilines is 1. The van der Waals surface area contributed by atoms with Gasteiger partial charge in [0.1, 0.15) is 5.82 Å². The van der Waals surface area contributed by atoms with Gasteiger partial charge in [-0.3, -0.25) is 0 Å². The Kier molecular flexibility index (Phi) is 5.88. The fraction of sp³-hybridized carbons (Fsp3) is 0.545. The van der Waals surface area contributed by atoms with Gasteiger partial charge in [-0.1, -0.05) is 36.5 Å². The number of nitrogens with one attached hydrogen (secondary N) is 1. The number of ether oxygens (including phenoxy) is 1. The highest BCUT2D eigenvalue weighted by Crippen LogP contribution is 2.23. The SMILES string of the molecule is CCCC(COC)Nc1ncc(Cl)cc1Cl. The molecule has 0 spiro atoms. The predicted molar refractivity (Wildman–Crippen MR) is 68.5 cm³/mol. The topological polar surface area (TPSA) is 34.1 Å². The van der Waals surface area contributed by atoms with Crippen LogP contribution in [0.1, 0.15) is 19.8 Å². The lowest BCUT2D eigenvalue weighted by atomic mass is 10.2. The summed E-state index contributed by atoms with van der Waals surface area (Å²) in [6, 6.07) is 1.90. The van der Waals surface area contributed by atoms with Crippen molar-refractivity contribution in [3.63, 3.8) is 0 Å². The summed E-state index contributed by atoms with van der Waals surface area (Å²) in [7, 11) is 1.68. The third kappa shape index (κ3) is 4.16. The molecule has 0 saturated carbocycles. The Bertz CT molecular complexity index is 328. The quantitative estimate of drug-likeness (QED) is 0.851. The minimum atomic E-state index is 0.223. The van der Waals surface area contributed by atoms with Gasteiger partial charge in [-0.05, 0) is 12.5 Å². The van der Waals surface area contributed by atoms with Crippen LogP contribution in [0.2, 0.25) is 10.0 Å². The van der Waals surface area contributed by atoms with Crippen LogP contribution in [0.5, 0.6) is 0 Å². The zero-order valence-corrected chi connectivity index (χ0v) is 11.0. The van der Waals surface area contributed by atoms with Crippen LogP contribution in [-0.2, 0) is 4.74 Å². The Morgan fingerprint density at radius 1 is 1.50 bits per heavy atom. The van der Waals surface area contributed by atoms with Gasteiger partial charge in [0.2, 0.25) is 0 Å². The predicted octanol–water partition coefficient (Wildman–Crippen LogP) is 3.62. The molecule has 0 aliphatic carbocycles. The molecule has 90 valence electrons. The summed E-state index contributed by atoms with van der Waals surface area (Å²) in [5.41, 5.74) is 0. The number of hydrogen-bond acceptors (Lipinski definition) is 3. The zero-order valence-electron chi connectivity index (χ0n) is 9.46. The van der Waals surface area contributed by atoms with Gasteiger partial charge in [0.05, 0.1) is 22.7 Å². The second-order valence-corrected chi connectivity index (χ2v) is 4.41. The molecule has 1 heterocycles. The molecule has 0 saturated heterocycles. The van der Waals surface area contributed by atoms with E-state index in [1.54, 1.807) is 19.4 Å². The van der Waals surface area contributed by atoms with Crippen LogP contribution < -0.4 is 5.32 Å². The van der Waals surface area contributed by atoms with Crippen LogP contribution >= 0.6 is 23.2 Å². The first-order chi connectivity index (χ1) is 7.67. The van der Waals surface area contributed by atoms with Crippen molar-refractivity contribution in [2.45, 2.75) is 25.8 Å². The number of hydrogen-bond donors (Lipinski definition) is 1. The first kappa shape index (κ1) is 13.6. The van der Waals surface area contributed by atoms with Crippen molar-refractivity contribution >= 4 is 29.0 Å². The molecule has 1 aromatic heterocycles. The van der Waals surface area contributed by atoms with Gasteiger partial charge in [-0.2, -0.15) is 0 Å². The lowest BCUT2D eigenvalue weighted by molar-refractivity contribution is 0.182. The van der Waals surface area contributed by atoms with Crippen molar-refractivity contribution in [3.05, 3.63) is 22.3 Å². The van der Waals surface area contributed by atoms with Crippen molar-refractivity contribution in [2.75, 3.05) is 19.0 Å². The highest BCUT2D eigenvalue weighted by atomic mass is 35.5. The Morgan fingerprint density at radius 2 is 2.25 bits per heavy atom. The second-order valence-electron chi connectivity index (χ2n) is 3.57. The standard InChI is InChI=1S/C11H16Cl2N2O/c1-3-4-9(7-16-2)15-11-10(13)5-8(12)6-14-11/h5-6,9H,3-4,7H2,1-2H3,(H,14,15). The molecule has 0 amide bonds. The molecule has 1 atom stereocenters. The summed E-state index contributed by atoms with van der Waals surface area (Å²) in [4.78, 5) is 4.15. The van der Waals surface area contributed by atoms with Crippen LogP contribution in [-0.4, -0.2) is 24.7 Å². The van der Waals surface area contributed by atoms with Crippen LogP contribution in [0, 0.1) is 0 Å². The third-order valence-corrected chi connectivity index (χ3v) is 2.65. The molecule has 0 aliphatic rings. The number of methoxy groups -OCH3 is 1. The fourth-order valence-electron chi connectivity index (χ4n) is 1.46. The molecular weight excluding hydrogens is 247 g/mol. The average Bonchev–Trinajstić information content (AvgIpc) is 2.23. The first-order valence-corrected chi connectivity index (χ1v) is 5.99. The zero-order chi connectivity index (χ0) is 12.0. The lowest BCUT2D eigenvalue weighted by Gasteiger charge is -2.18. The van der Waals surface area contributed by atoms with E-state index in [0.717, 1.165) is 12.8 Å². The normalized spacial score (nSPS) is 12.5. The Balaban J connectivity index is 2.68. The van der Waals surface area contributed by atoms with Gasteiger partial charge in [0.25, 0.3) is 0 Å². The number of pyridine rings is 1. The minimum absolute atomic E-state index is 0.223. The van der Waals surface area contributed by atoms with Crippen molar-refractivity contribution in [3.8, 4) is 0 Å². The first-order valence-electron chi connectivity index (χ1n) is 5.23. The van der Waals surface area contributed by atoms with Gasteiger partial charge in [-0.25, -0.2) is 4.98 Å². The van der Waals surface area contributed by atoms with E-state index in [4.69, 9.17) is 27.9 Å². The Labute approximate surface area is 106 Å². The molecule has 5 heteroatoms. The maximum Gasteiger partial charge on any atom is 0.145 e. The Hall–Kier alpha value is -0.510. The highest BCUT2D eigenvalue weighted by molar-refractivity contribution is 6.35. The molecular formula is C11H16Cl2N2O. The molecule has 16 heavy (non-hydrogen) atoms. The summed E-state index contributed by atoms with van der Waals surface area (Å²) in [5.74, 6) is 0.654. The van der Waals surface area contributed by atoms with Crippen molar-refractivity contribution in [1.29, 1.82) is 0 Å². The largest absolute Gasteiger partial charge is 0.383 e. The summed E-state index contributed by atoms with van der Waals surface area (Å²) >= 11 is 11.8. The maximum atomic E-state index is 6.02. The summed E-state index contributed by atoms with van der Waals surface area (Å²) in [6.45, 7) is 2.76. The van der Waals surface area contributed by atoms with Gasteiger partial charge < -0.3 is 10.1 Å². The number of aromatic nitrogens is 1. The molecule has 1 N–H and O–H groups in total. The number of halogens is 2. The van der Waals surface area contributed by atoms with Gasteiger partial charge in [0.15, 0.2) is 0 Å². The van der Waals surface area contributed by atoms with Crippen LogP contribution in [0.4, 0.5) is 5.82 Å². The van der Waals surface area contributed by atoms with E-state index in [0.29, 0.717) is 22.5 Å². The molecule has 3 nitrogen and oxygen atoms in total. The fourth-order valence-corrected chi connectivity index (χ4v) is 1.90. The molecule has 1 rings (SSSR count). The minimum Gasteiger partial charge on any atom is -0.383 e. The number of rotatable bonds is 6.